The van der Waals surface area contributed by atoms with Gasteiger partial charge in [0.2, 0.25) is 0 Å². The number of carboxylic acids is 1. The highest BCUT2D eigenvalue weighted by atomic mass is 16.6. The first kappa shape index (κ1) is 21.9. The number of hydrogen-bond donors (Lipinski definition) is 1. The van der Waals surface area contributed by atoms with Gasteiger partial charge >= 0.3 is 5.97 Å². The summed E-state index contributed by atoms with van der Waals surface area (Å²) in [6, 6.07) is 11.1. The third-order valence-electron chi connectivity index (χ3n) is 4.19. The molecule has 0 saturated carbocycles. The Morgan fingerprint density at radius 1 is 0.893 bits per heavy atom. The Labute approximate surface area is 166 Å². The van der Waals surface area contributed by atoms with Crippen molar-refractivity contribution in [3.63, 3.8) is 0 Å². The van der Waals surface area contributed by atoms with Crippen molar-refractivity contribution in [2.75, 3.05) is 46.8 Å². The standard InChI is InChI=1S/C22H28O6/c1-16-4-7-19(20(14-16)22(23)24)18-6-5-17(2)21(15-18)28-13-12-27-11-10-26-9-8-25-3/h4-7,14-15H,8-13H2,1-3H3,(H,23,24). The number of ether oxygens (including phenoxy) is 4. The Morgan fingerprint density at radius 2 is 1.57 bits per heavy atom. The maximum atomic E-state index is 11.6. The predicted molar refractivity (Wildman–Crippen MR) is 107 cm³/mol. The molecule has 0 fully saturated rings. The van der Waals surface area contributed by atoms with Gasteiger partial charge in [-0.1, -0.05) is 29.8 Å². The minimum absolute atomic E-state index is 0.284. The van der Waals surface area contributed by atoms with Gasteiger partial charge in [-0.3, -0.25) is 0 Å². The average Bonchev–Trinajstić information content (AvgIpc) is 2.68. The van der Waals surface area contributed by atoms with E-state index in [4.69, 9.17) is 18.9 Å². The number of carbonyl (C=O) groups is 1. The molecule has 6 heteroatoms. The summed E-state index contributed by atoms with van der Waals surface area (Å²) in [5.41, 5.74) is 3.66. The summed E-state index contributed by atoms with van der Waals surface area (Å²) >= 11 is 0. The highest BCUT2D eigenvalue weighted by molar-refractivity contribution is 5.96. The normalized spacial score (nSPS) is 10.8. The average molecular weight is 388 g/mol. The van der Waals surface area contributed by atoms with Gasteiger partial charge in [-0.2, -0.15) is 0 Å². The molecule has 2 rings (SSSR count). The van der Waals surface area contributed by atoms with Gasteiger partial charge in [-0.15, -0.1) is 0 Å². The first-order valence-electron chi connectivity index (χ1n) is 9.25. The molecule has 152 valence electrons. The van der Waals surface area contributed by atoms with Crippen LogP contribution in [-0.4, -0.2) is 57.8 Å². The molecule has 2 aromatic rings. The van der Waals surface area contributed by atoms with Gasteiger partial charge in [-0.05, 0) is 42.7 Å². The highest BCUT2D eigenvalue weighted by Gasteiger charge is 2.13. The van der Waals surface area contributed by atoms with Crippen molar-refractivity contribution in [2.45, 2.75) is 13.8 Å². The Bertz CT molecular complexity index is 772. The molecule has 0 atom stereocenters. The number of methoxy groups -OCH3 is 1. The summed E-state index contributed by atoms with van der Waals surface area (Å²) in [5.74, 6) is -0.225. The maximum Gasteiger partial charge on any atom is 0.336 e. The van der Waals surface area contributed by atoms with Crippen LogP contribution in [0.3, 0.4) is 0 Å². The topological polar surface area (TPSA) is 74.2 Å². The van der Waals surface area contributed by atoms with Crippen molar-refractivity contribution in [3.05, 3.63) is 53.1 Å². The molecule has 0 amide bonds. The minimum Gasteiger partial charge on any atom is -0.491 e. The molecule has 6 nitrogen and oxygen atoms in total. The lowest BCUT2D eigenvalue weighted by molar-refractivity contribution is 0.0179. The van der Waals surface area contributed by atoms with Crippen molar-refractivity contribution in [1.82, 2.24) is 0 Å². The molecule has 28 heavy (non-hydrogen) atoms. The molecule has 0 radical (unpaired) electrons. The molecular formula is C22H28O6. The predicted octanol–water partition coefficient (Wildman–Crippen LogP) is 3.73. The van der Waals surface area contributed by atoms with E-state index in [-0.39, 0.29) is 5.56 Å². The first-order chi connectivity index (χ1) is 13.5. The molecule has 0 aliphatic carbocycles. The molecule has 0 heterocycles. The van der Waals surface area contributed by atoms with Crippen molar-refractivity contribution in [3.8, 4) is 16.9 Å². The lowest BCUT2D eigenvalue weighted by Crippen LogP contribution is -2.12. The molecule has 0 saturated heterocycles. The lowest BCUT2D eigenvalue weighted by Gasteiger charge is -2.13. The van der Waals surface area contributed by atoms with E-state index in [0.29, 0.717) is 51.0 Å². The fourth-order valence-corrected chi connectivity index (χ4v) is 2.68. The monoisotopic (exact) mass is 388 g/mol. The lowest BCUT2D eigenvalue weighted by atomic mass is 9.97. The molecule has 0 aromatic heterocycles. The summed E-state index contributed by atoms with van der Waals surface area (Å²) in [4.78, 5) is 11.6. The van der Waals surface area contributed by atoms with E-state index in [1.165, 1.54) is 0 Å². The van der Waals surface area contributed by atoms with Crippen LogP contribution in [0, 0.1) is 13.8 Å². The number of aryl methyl sites for hydroxylation is 2. The maximum absolute atomic E-state index is 11.6. The number of hydrogen-bond acceptors (Lipinski definition) is 5. The van der Waals surface area contributed by atoms with Crippen LogP contribution < -0.4 is 4.74 Å². The summed E-state index contributed by atoms with van der Waals surface area (Å²) in [6.07, 6.45) is 0. The Balaban J connectivity index is 1.93. The van der Waals surface area contributed by atoms with Crippen LogP contribution in [0.1, 0.15) is 21.5 Å². The van der Waals surface area contributed by atoms with Crippen molar-refractivity contribution in [2.24, 2.45) is 0 Å². The van der Waals surface area contributed by atoms with Gasteiger partial charge in [0, 0.05) is 7.11 Å². The molecule has 0 unspecified atom stereocenters. The second-order valence-corrected chi connectivity index (χ2v) is 6.40. The van der Waals surface area contributed by atoms with Crippen LogP contribution in [0.25, 0.3) is 11.1 Å². The van der Waals surface area contributed by atoms with Crippen LogP contribution >= 0.6 is 0 Å². The first-order valence-corrected chi connectivity index (χ1v) is 9.25. The number of carboxylic acid groups (broad SMARTS) is 1. The van der Waals surface area contributed by atoms with Gasteiger partial charge in [0.1, 0.15) is 12.4 Å². The van der Waals surface area contributed by atoms with E-state index in [1.807, 2.05) is 44.2 Å². The van der Waals surface area contributed by atoms with Crippen molar-refractivity contribution in [1.29, 1.82) is 0 Å². The largest absolute Gasteiger partial charge is 0.491 e. The number of aromatic carboxylic acids is 1. The second-order valence-electron chi connectivity index (χ2n) is 6.40. The summed E-state index contributed by atoms with van der Waals surface area (Å²) in [7, 11) is 1.63. The Morgan fingerprint density at radius 3 is 2.25 bits per heavy atom. The van der Waals surface area contributed by atoms with E-state index < -0.39 is 5.97 Å². The smallest absolute Gasteiger partial charge is 0.336 e. The molecular weight excluding hydrogens is 360 g/mol. The summed E-state index contributed by atoms with van der Waals surface area (Å²) in [6.45, 7) is 6.83. The van der Waals surface area contributed by atoms with E-state index in [1.54, 1.807) is 13.2 Å². The quantitative estimate of drug-likeness (QED) is 0.559. The zero-order valence-electron chi connectivity index (χ0n) is 16.7. The van der Waals surface area contributed by atoms with Crippen LogP contribution in [0.5, 0.6) is 5.75 Å². The number of rotatable bonds is 12. The summed E-state index contributed by atoms with van der Waals surface area (Å²) < 4.78 is 21.5. The molecule has 0 aliphatic rings. The van der Waals surface area contributed by atoms with Gasteiger partial charge < -0.3 is 24.1 Å². The zero-order valence-corrected chi connectivity index (χ0v) is 16.7. The second kappa shape index (κ2) is 11.4. The Kier molecular flexibility index (Phi) is 8.94. The van der Waals surface area contributed by atoms with Gasteiger partial charge in [0.05, 0.1) is 38.6 Å². The van der Waals surface area contributed by atoms with E-state index >= 15 is 0 Å². The van der Waals surface area contributed by atoms with E-state index in [9.17, 15) is 9.90 Å². The molecule has 0 spiro atoms. The molecule has 0 bridgehead atoms. The third kappa shape index (κ3) is 6.64. The van der Waals surface area contributed by atoms with Gasteiger partial charge in [0.25, 0.3) is 0 Å². The van der Waals surface area contributed by atoms with Crippen molar-refractivity contribution < 1.29 is 28.8 Å². The van der Waals surface area contributed by atoms with Crippen LogP contribution in [0.2, 0.25) is 0 Å². The van der Waals surface area contributed by atoms with Gasteiger partial charge in [0.15, 0.2) is 0 Å². The zero-order chi connectivity index (χ0) is 20.4. The van der Waals surface area contributed by atoms with Gasteiger partial charge in [-0.25, -0.2) is 4.79 Å². The third-order valence-corrected chi connectivity index (χ3v) is 4.19. The minimum atomic E-state index is -0.942. The van der Waals surface area contributed by atoms with Crippen molar-refractivity contribution >= 4 is 5.97 Å². The molecule has 0 aliphatic heterocycles. The molecule has 2 aromatic carbocycles. The Hall–Kier alpha value is -2.41. The van der Waals surface area contributed by atoms with Crippen LogP contribution in [-0.2, 0) is 14.2 Å². The fraction of sp³-hybridized carbons (Fsp3) is 0.409. The van der Waals surface area contributed by atoms with E-state index in [2.05, 4.69) is 0 Å². The van der Waals surface area contributed by atoms with Crippen LogP contribution in [0.4, 0.5) is 0 Å². The SMILES string of the molecule is COCCOCCOCCOc1cc(-c2ccc(C)cc2C(=O)O)ccc1C. The number of benzene rings is 2. The highest BCUT2D eigenvalue weighted by Crippen LogP contribution is 2.30. The fourth-order valence-electron chi connectivity index (χ4n) is 2.68. The summed E-state index contributed by atoms with van der Waals surface area (Å²) in [5, 5.41) is 9.50. The van der Waals surface area contributed by atoms with E-state index in [0.717, 1.165) is 16.7 Å². The van der Waals surface area contributed by atoms with Crippen LogP contribution in [0.15, 0.2) is 36.4 Å². The molecule has 1 N–H and O–H groups in total.